The second-order valence-corrected chi connectivity index (χ2v) is 5.43. The van der Waals surface area contributed by atoms with Crippen LogP contribution in [0.4, 0.5) is 0 Å². The fourth-order valence-electron chi connectivity index (χ4n) is 2.09. The summed E-state index contributed by atoms with van der Waals surface area (Å²) in [7, 11) is 1.49. The molecule has 0 spiro atoms. The molecule has 0 aliphatic carbocycles. The first-order chi connectivity index (χ1) is 10.7. The van der Waals surface area contributed by atoms with Crippen LogP contribution in [0.15, 0.2) is 41.4 Å². The van der Waals surface area contributed by atoms with Crippen LogP contribution in [0.2, 0.25) is 0 Å². The minimum Gasteiger partial charge on any atom is -0.486 e. The molecular weight excluding hydrogens is 350 g/mol. The molecule has 7 heteroatoms. The SMILES string of the molecule is COc1cc(C=O)c(OCc2cc(Br)cn3ccnc23)cn1. The van der Waals surface area contributed by atoms with Crippen LogP contribution in [0, 0.1) is 0 Å². The Labute approximate surface area is 134 Å². The second-order valence-electron chi connectivity index (χ2n) is 4.51. The molecule has 0 fully saturated rings. The second kappa shape index (κ2) is 6.15. The van der Waals surface area contributed by atoms with Gasteiger partial charge in [0.05, 0.1) is 18.9 Å². The topological polar surface area (TPSA) is 65.7 Å². The zero-order chi connectivity index (χ0) is 15.5. The largest absolute Gasteiger partial charge is 0.486 e. The van der Waals surface area contributed by atoms with Crippen LogP contribution in [0.5, 0.6) is 11.6 Å². The average Bonchev–Trinajstić information content (AvgIpc) is 3.00. The minimum absolute atomic E-state index is 0.273. The van der Waals surface area contributed by atoms with Crippen LogP contribution in [0.3, 0.4) is 0 Å². The van der Waals surface area contributed by atoms with Gasteiger partial charge in [-0.25, -0.2) is 9.97 Å². The lowest BCUT2D eigenvalue weighted by atomic mass is 10.2. The Morgan fingerprint density at radius 3 is 3.00 bits per heavy atom. The Morgan fingerprint density at radius 2 is 2.23 bits per heavy atom. The highest BCUT2D eigenvalue weighted by molar-refractivity contribution is 9.10. The van der Waals surface area contributed by atoms with Crippen LogP contribution in [-0.4, -0.2) is 27.8 Å². The molecule has 22 heavy (non-hydrogen) atoms. The van der Waals surface area contributed by atoms with Gasteiger partial charge in [-0.15, -0.1) is 0 Å². The first-order valence-electron chi connectivity index (χ1n) is 6.44. The number of hydrogen-bond acceptors (Lipinski definition) is 5. The molecule has 0 atom stereocenters. The summed E-state index contributed by atoms with van der Waals surface area (Å²) in [5.41, 5.74) is 2.09. The lowest BCUT2D eigenvalue weighted by Crippen LogP contribution is -2.02. The van der Waals surface area contributed by atoms with Gasteiger partial charge in [0.15, 0.2) is 6.29 Å². The van der Waals surface area contributed by atoms with E-state index in [-0.39, 0.29) is 6.61 Å². The van der Waals surface area contributed by atoms with Gasteiger partial charge in [0.2, 0.25) is 5.88 Å². The van der Waals surface area contributed by atoms with Crippen LogP contribution in [-0.2, 0) is 6.61 Å². The van der Waals surface area contributed by atoms with Crippen molar-refractivity contribution in [2.45, 2.75) is 6.61 Å². The molecule has 3 aromatic rings. The number of halogens is 1. The molecule has 0 saturated heterocycles. The fraction of sp³-hybridized carbons (Fsp3) is 0.133. The summed E-state index contributed by atoms with van der Waals surface area (Å²) >= 11 is 3.45. The van der Waals surface area contributed by atoms with Gasteiger partial charge in [-0.3, -0.25) is 4.79 Å². The molecule has 0 aliphatic heterocycles. The van der Waals surface area contributed by atoms with E-state index in [9.17, 15) is 4.79 Å². The third-order valence-corrected chi connectivity index (χ3v) is 3.56. The number of ether oxygens (including phenoxy) is 2. The van der Waals surface area contributed by atoms with E-state index in [0.29, 0.717) is 23.5 Å². The quantitative estimate of drug-likeness (QED) is 0.653. The molecule has 0 aliphatic rings. The Kier molecular flexibility index (Phi) is 4.06. The van der Waals surface area contributed by atoms with Gasteiger partial charge in [0.1, 0.15) is 18.0 Å². The Hall–Kier alpha value is -2.41. The number of hydrogen-bond donors (Lipinski definition) is 0. The molecule has 0 unspecified atom stereocenters. The van der Waals surface area contributed by atoms with Crippen molar-refractivity contribution in [2.24, 2.45) is 0 Å². The number of aldehydes is 1. The van der Waals surface area contributed by atoms with Gasteiger partial charge < -0.3 is 13.9 Å². The molecule has 0 saturated carbocycles. The Bertz CT molecular complexity index is 832. The molecule has 0 amide bonds. The van der Waals surface area contributed by atoms with E-state index in [4.69, 9.17) is 9.47 Å². The van der Waals surface area contributed by atoms with Gasteiger partial charge >= 0.3 is 0 Å². The monoisotopic (exact) mass is 361 g/mol. The van der Waals surface area contributed by atoms with E-state index >= 15 is 0 Å². The first-order valence-corrected chi connectivity index (χ1v) is 7.23. The maximum Gasteiger partial charge on any atom is 0.213 e. The summed E-state index contributed by atoms with van der Waals surface area (Å²) in [6.45, 7) is 0.273. The van der Waals surface area contributed by atoms with Crippen molar-refractivity contribution in [2.75, 3.05) is 7.11 Å². The molecule has 0 radical (unpaired) electrons. The van der Waals surface area contributed by atoms with E-state index in [1.807, 2.05) is 22.9 Å². The van der Waals surface area contributed by atoms with E-state index in [2.05, 4.69) is 25.9 Å². The molecule has 112 valence electrons. The van der Waals surface area contributed by atoms with Crippen molar-refractivity contribution in [3.63, 3.8) is 0 Å². The van der Waals surface area contributed by atoms with E-state index in [1.54, 1.807) is 6.20 Å². The average molecular weight is 362 g/mol. The number of carbonyl (C=O) groups is 1. The first kappa shape index (κ1) is 14.5. The maximum absolute atomic E-state index is 11.1. The molecule has 6 nitrogen and oxygen atoms in total. The summed E-state index contributed by atoms with van der Waals surface area (Å²) in [6.07, 6.45) is 7.68. The van der Waals surface area contributed by atoms with Crippen LogP contribution < -0.4 is 9.47 Å². The summed E-state index contributed by atoms with van der Waals surface area (Å²) in [5, 5.41) is 0. The highest BCUT2D eigenvalue weighted by Gasteiger charge is 2.09. The van der Waals surface area contributed by atoms with E-state index < -0.39 is 0 Å². The van der Waals surface area contributed by atoms with Gasteiger partial charge in [0, 0.05) is 34.7 Å². The van der Waals surface area contributed by atoms with Crippen molar-refractivity contribution < 1.29 is 14.3 Å². The molecule has 0 aromatic carbocycles. The number of methoxy groups -OCH3 is 1. The van der Waals surface area contributed by atoms with Gasteiger partial charge in [-0.05, 0) is 22.0 Å². The molecule has 3 aromatic heterocycles. The molecule has 3 rings (SSSR count). The van der Waals surface area contributed by atoms with E-state index in [0.717, 1.165) is 15.7 Å². The zero-order valence-electron chi connectivity index (χ0n) is 11.7. The van der Waals surface area contributed by atoms with Gasteiger partial charge in [-0.2, -0.15) is 0 Å². The number of fused-ring (bicyclic) bond motifs is 1. The van der Waals surface area contributed by atoms with Crippen molar-refractivity contribution in [3.05, 3.63) is 52.5 Å². The lowest BCUT2D eigenvalue weighted by molar-refractivity contribution is 0.111. The Balaban J connectivity index is 1.88. The van der Waals surface area contributed by atoms with E-state index in [1.165, 1.54) is 19.4 Å². The number of imidazole rings is 1. The highest BCUT2D eigenvalue weighted by atomic mass is 79.9. The van der Waals surface area contributed by atoms with Gasteiger partial charge in [-0.1, -0.05) is 0 Å². The van der Waals surface area contributed by atoms with Crippen LogP contribution in [0.1, 0.15) is 15.9 Å². The van der Waals surface area contributed by atoms with Gasteiger partial charge in [0.25, 0.3) is 0 Å². The summed E-state index contributed by atoms with van der Waals surface area (Å²) in [5.74, 6) is 0.771. The standard InChI is InChI=1S/C15H12BrN3O3/c1-21-14-5-10(8-20)13(6-18-14)22-9-11-4-12(16)7-19-3-2-17-15(11)19/h2-8H,9H2,1H3. The summed E-state index contributed by atoms with van der Waals surface area (Å²) < 4.78 is 13.5. The highest BCUT2D eigenvalue weighted by Crippen LogP contribution is 2.23. The molecular formula is C15H12BrN3O3. The molecule has 3 heterocycles. The van der Waals surface area contributed by atoms with Crippen molar-refractivity contribution in [3.8, 4) is 11.6 Å². The normalized spacial score (nSPS) is 10.6. The number of aromatic nitrogens is 3. The number of carbonyl (C=O) groups excluding carboxylic acids is 1. The molecule has 0 N–H and O–H groups in total. The Morgan fingerprint density at radius 1 is 1.36 bits per heavy atom. The third kappa shape index (κ3) is 2.80. The van der Waals surface area contributed by atoms with Crippen LogP contribution in [0.25, 0.3) is 5.65 Å². The predicted molar refractivity (Wildman–Crippen MR) is 83.4 cm³/mol. The number of rotatable bonds is 5. The number of pyridine rings is 2. The minimum atomic E-state index is 0.273. The maximum atomic E-state index is 11.1. The van der Waals surface area contributed by atoms with Crippen molar-refractivity contribution >= 4 is 27.9 Å². The summed E-state index contributed by atoms with van der Waals surface area (Å²) in [4.78, 5) is 19.5. The van der Waals surface area contributed by atoms with Crippen molar-refractivity contribution in [1.82, 2.24) is 14.4 Å². The van der Waals surface area contributed by atoms with Crippen LogP contribution >= 0.6 is 15.9 Å². The smallest absolute Gasteiger partial charge is 0.213 e. The predicted octanol–water partition coefficient (Wildman–Crippen LogP) is 2.89. The number of nitrogens with zero attached hydrogens (tertiary/aromatic N) is 3. The molecule has 0 bridgehead atoms. The summed E-state index contributed by atoms with van der Waals surface area (Å²) in [6, 6.07) is 3.47. The zero-order valence-corrected chi connectivity index (χ0v) is 13.3. The fourth-order valence-corrected chi connectivity index (χ4v) is 2.59. The third-order valence-electron chi connectivity index (χ3n) is 3.12. The lowest BCUT2D eigenvalue weighted by Gasteiger charge is -2.10. The van der Waals surface area contributed by atoms with Crippen molar-refractivity contribution in [1.29, 1.82) is 0 Å².